The second-order valence-corrected chi connectivity index (χ2v) is 6.37. The van der Waals surface area contributed by atoms with Gasteiger partial charge >= 0.3 is 0 Å². The second-order valence-electron chi connectivity index (χ2n) is 4.72. The van der Waals surface area contributed by atoms with E-state index in [4.69, 9.17) is 0 Å². The van der Waals surface area contributed by atoms with Crippen molar-refractivity contribution in [2.24, 2.45) is 0 Å². The van der Waals surface area contributed by atoms with Crippen LogP contribution in [-0.2, 0) is 10.0 Å². The monoisotopic (exact) mass is 305 g/mol. The molecule has 21 heavy (non-hydrogen) atoms. The summed E-state index contributed by atoms with van der Waals surface area (Å²) in [7, 11) is -3.64. The van der Waals surface area contributed by atoms with Gasteiger partial charge in [-0.05, 0) is 37.1 Å². The summed E-state index contributed by atoms with van der Waals surface area (Å²) in [6.07, 6.45) is 4.11. The minimum atomic E-state index is -3.64. The van der Waals surface area contributed by atoms with Crippen LogP contribution in [0.2, 0.25) is 0 Å². The number of aryl methyl sites for hydroxylation is 1. The summed E-state index contributed by atoms with van der Waals surface area (Å²) in [5, 5.41) is 3.14. The van der Waals surface area contributed by atoms with Crippen LogP contribution in [-0.4, -0.2) is 19.9 Å². The molecule has 1 aromatic heterocycles. The number of rotatable bonds is 6. The molecule has 1 aromatic carbocycles. The molecule has 0 radical (unpaired) electrons. The topological polar surface area (TPSA) is 71.1 Å². The Bertz CT molecular complexity index is 714. The molecule has 2 rings (SSSR count). The standard InChI is InChI=1S/C15H19N3O2S/c1-3-9-17-14-6-4-5-7-15(14)21(19,20)18-13-8-10-16-11-12(13)2/h4-8,10-11,17H,3,9H2,1-2H3,(H,16,18). The first kappa shape index (κ1) is 15.3. The number of sulfonamides is 1. The number of pyridine rings is 1. The molecule has 0 saturated carbocycles. The molecule has 0 saturated heterocycles. The zero-order valence-electron chi connectivity index (χ0n) is 12.1. The molecule has 0 aliphatic rings. The third-order valence-electron chi connectivity index (χ3n) is 3.01. The summed E-state index contributed by atoms with van der Waals surface area (Å²) >= 11 is 0. The van der Waals surface area contributed by atoms with Gasteiger partial charge in [0, 0.05) is 18.9 Å². The van der Waals surface area contributed by atoms with Gasteiger partial charge in [-0.3, -0.25) is 9.71 Å². The molecule has 2 N–H and O–H groups in total. The van der Waals surface area contributed by atoms with Gasteiger partial charge in [0.1, 0.15) is 4.90 Å². The Hall–Kier alpha value is -2.08. The molecule has 0 aliphatic heterocycles. The van der Waals surface area contributed by atoms with Crippen molar-refractivity contribution in [3.63, 3.8) is 0 Å². The van der Waals surface area contributed by atoms with Gasteiger partial charge in [0.25, 0.3) is 10.0 Å². The lowest BCUT2D eigenvalue weighted by Gasteiger charge is -2.14. The lowest BCUT2D eigenvalue weighted by atomic mass is 10.3. The van der Waals surface area contributed by atoms with E-state index in [2.05, 4.69) is 15.0 Å². The van der Waals surface area contributed by atoms with Crippen LogP contribution in [0, 0.1) is 6.92 Å². The maximum atomic E-state index is 12.6. The quantitative estimate of drug-likeness (QED) is 0.860. The van der Waals surface area contributed by atoms with Crippen LogP contribution < -0.4 is 10.0 Å². The van der Waals surface area contributed by atoms with Crippen molar-refractivity contribution in [2.75, 3.05) is 16.6 Å². The molecule has 5 nitrogen and oxygen atoms in total. The minimum Gasteiger partial charge on any atom is -0.384 e. The van der Waals surface area contributed by atoms with Crippen LogP contribution in [0.15, 0.2) is 47.6 Å². The molecule has 1 heterocycles. The molecular weight excluding hydrogens is 286 g/mol. The highest BCUT2D eigenvalue weighted by Gasteiger charge is 2.18. The molecule has 0 amide bonds. The summed E-state index contributed by atoms with van der Waals surface area (Å²) in [5.74, 6) is 0. The van der Waals surface area contributed by atoms with Crippen LogP contribution in [0.3, 0.4) is 0 Å². The number of hydrogen-bond donors (Lipinski definition) is 2. The highest BCUT2D eigenvalue weighted by molar-refractivity contribution is 7.92. The molecular formula is C15H19N3O2S. The summed E-state index contributed by atoms with van der Waals surface area (Å²) < 4.78 is 27.7. The smallest absolute Gasteiger partial charge is 0.263 e. The van der Waals surface area contributed by atoms with Crippen molar-refractivity contribution in [2.45, 2.75) is 25.2 Å². The molecule has 0 spiro atoms. The van der Waals surface area contributed by atoms with E-state index < -0.39 is 10.0 Å². The Kier molecular flexibility index (Phi) is 4.80. The fourth-order valence-corrected chi connectivity index (χ4v) is 3.21. The third-order valence-corrected chi connectivity index (χ3v) is 4.43. The van der Waals surface area contributed by atoms with Crippen molar-refractivity contribution >= 4 is 21.4 Å². The minimum absolute atomic E-state index is 0.245. The number of nitrogens with zero attached hydrogens (tertiary/aromatic N) is 1. The van der Waals surface area contributed by atoms with Crippen LogP contribution in [0.1, 0.15) is 18.9 Å². The highest BCUT2D eigenvalue weighted by atomic mass is 32.2. The zero-order valence-corrected chi connectivity index (χ0v) is 12.9. The van der Waals surface area contributed by atoms with Crippen molar-refractivity contribution in [1.82, 2.24) is 4.98 Å². The molecule has 0 bridgehead atoms. The van der Waals surface area contributed by atoms with E-state index >= 15 is 0 Å². The molecule has 112 valence electrons. The van der Waals surface area contributed by atoms with Crippen LogP contribution >= 0.6 is 0 Å². The first-order valence-electron chi connectivity index (χ1n) is 6.81. The van der Waals surface area contributed by atoms with Gasteiger partial charge in [-0.15, -0.1) is 0 Å². The molecule has 6 heteroatoms. The number of aromatic nitrogens is 1. The van der Waals surface area contributed by atoms with Crippen LogP contribution in [0.25, 0.3) is 0 Å². The van der Waals surface area contributed by atoms with E-state index in [-0.39, 0.29) is 4.90 Å². The predicted molar refractivity (Wildman–Crippen MR) is 85.0 cm³/mol. The molecule has 0 aliphatic carbocycles. The molecule has 0 atom stereocenters. The van der Waals surface area contributed by atoms with E-state index in [1.807, 2.05) is 19.9 Å². The van der Waals surface area contributed by atoms with Gasteiger partial charge < -0.3 is 5.32 Å². The first-order valence-corrected chi connectivity index (χ1v) is 8.29. The molecule has 2 aromatic rings. The number of para-hydroxylation sites is 1. The summed E-state index contributed by atoms with van der Waals surface area (Å²) in [5.41, 5.74) is 1.92. The van der Waals surface area contributed by atoms with E-state index in [0.29, 0.717) is 11.4 Å². The van der Waals surface area contributed by atoms with Crippen molar-refractivity contribution < 1.29 is 8.42 Å². The Labute approximate surface area is 125 Å². The van der Waals surface area contributed by atoms with Gasteiger partial charge in [0.05, 0.1) is 11.4 Å². The average molecular weight is 305 g/mol. The predicted octanol–water partition coefficient (Wildman–Crippen LogP) is 3.01. The Balaban J connectivity index is 2.34. The lowest BCUT2D eigenvalue weighted by Crippen LogP contribution is -2.16. The van der Waals surface area contributed by atoms with Crippen molar-refractivity contribution in [3.05, 3.63) is 48.3 Å². The number of nitrogens with one attached hydrogen (secondary N) is 2. The fraction of sp³-hybridized carbons (Fsp3) is 0.267. The first-order chi connectivity index (χ1) is 10.0. The van der Waals surface area contributed by atoms with Gasteiger partial charge in [-0.25, -0.2) is 8.42 Å². The van der Waals surface area contributed by atoms with Gasteiger partial charge in [-0.1, -0.05) is 19.1 Å². The number of benzene rings is 1. The molecule has 0 fully saturated rings. The van der Waals surface area contributed by atoms with E-state index in [0.717, 1.165) is 18.5 Å². The summed E-state index contributed by atoms with van der Waals surface area (Å²) in [6, 6.07) is 8.54. The Morgan fingerprint density at radius 3 is 2.62 bits per heavy atom. The largest absolute Gasteiger partial charge is 0.384 e. The number of anilines is 2. The van der Waals surface area contributed by atoms with E-state index in [1.165, 1.54) is 0 Å². The summed E-state index contributed by atoms with van der Waals surface area (Å²) in [6.45, 7) is 4.57. The molecule has 0 unspecified atom stereocenters. The summed E-state index contributed by atoms with van der Waals surface area (Å²) in [4.78, 5) is 4.20. The average Bonchev–Trinajstić information content (AvgIpc) is 2.47. The van der Waals surface area contributed by atoms with Gasteiger partial charge in [-0.2, -0.15) is 0 Å². The third kappa shape index (κ3) is 3.72. The van der Waals surface area contributed by atoms with E-state index in [1.54, 1.807) is 36.7 Å². The SMILES string of the molecule is CCCNc1ccccc1S(=O)(=O)Nc1ccncc1C. The lowest BCUT2D eigenvalue weighted by molar-refractivity contribution is 0.601. The fourth-order valence-electron chi connectivity index (χ4n) is 1.89. The van der Waals surface area contributed by atoms with Crippen LogP contribution in [0.5, 0.6) is 0 Å². The Morgan fingerprint density at radius 2 is 1.90 bits per heavy atom. The maximum absolute atomic E-state index is 12.6. The van der Waals surface area contributed by atoms with Gasteiger partial charge in [0.15, 0.2) is 0 Å². The maximum Gasteiger partial charge on any atom is 0.263 e. The van der Waals surface area contributed by atoms with Crippen molar-refractivity contribution in [3.8, 4) is 0 Å². The number of hydrogen-bond acceptors (Lipinski definition) is 4. The highest BCUT2D eigenvalue weighted by Crippen LogP contribution is 2.24. The van der Waals surface area contributed by atoms with E-state index in [9.17, 15) is 8.42 Å². The second kappa shape index (κ2) is 6.58. The zero-order chi connectivity index (χ0) is 15.3. The Morgan fingerprint density at radius 1 is 1.14 bits per heavy atom. The van der Waals surface area contributed by atoms with Crippen molar-refractivity contribution in [1.29, 1.82) is 0 Å². The van der Waals surface area contributed by atoms with Crippen LogP contribution in [0.4, 0.5) is 11.4 Å². The normalized spacial score (nSPS) is 11.1. The van der Waals surface area contributed by atoms with Gasteiger partial charge in [0.2, 0.25) is 0 Å².